The van der Waals surface area contributed by atoms with Crippen LogP contribution in [0.5, 0.6) is 0 Å². The number of hydrogen-bond acceptors (Lipinski definition) is 0. The highest BCUT2D eigenvalue weighted by atomic mass is 14.3. The van der Waals surface area contributed by atoms with E-state index >= 15 is 0 Å². The summed E-state index contributed by atoms with van der Waals surface area (Å²) in [7, 11) is 0. The fourth-order valence-corrected chi connectivity index (χ4v) is 18.2. The molecule has 0 aliphatic rings. The van der Waals surface area contributed by atoms with Crippen LogP contribution < -0.4 is 0 Å². The van der Waals surface area contributed by atoms with Gasteiger partial charge in [-0.2, -0.15) is 0 Å². The first-order chi connectivity index (χ1) is 62.0. The molecule has 0 bridgehead atoms. The van der Waals surface area contributed by atoms with Gasteiger partial charge in [-0.1, -0.05) is 540 Å². The molecule has 0 aliphatic carbocycles. The molecule has 0 radical (unpaired) electrons. The van der Waals surface area contributed by atoms with Gasteiger partial charge in [-0.25, -0.2) is 0 Å². The summed E-state index contributed by atoms with van der Waals surface area (Å²) in [5.41, 5.74) is 38.7. The van der Waals surface area contributed by atoms with Crippen LogP contribution in [0.2, 0.25) is 0 Å². The van der Waals surface area contributed by atoms with Gasteiger partial charge in [0.1, 0.15) is 0 Å². The Kier molecular flexibility index (Phi) is 24.1. The Bertz CT molecular complexity index is 6110. The molecule has 0 unspecified atom stereocenters. The van der Waals surface area contributed by atoms with Crippen molar-refractivity contribution in [1.29, 1.82) is 0 Å². The zero-order chi connectivity index (χ0) is 83.7. The minimum atomic E-state index is 0.0888. The molecule has 0 atom stereocenters. The third-order valence-electron chi connectivity index (χ3n) is 24.8. The second kappa shape index (κ2) is 38.0. The standard InChI is InChI=1S/C68H50.C57H44/c1-5-13-49(14-6-1)53-25-37-61(38-26-53)67(62-39-27-54(28-40-62)50-15-7-2-8-16-50)65-45-33-59(34-46-65)57-21-23-58(24-22-57)60-35-47-66(48-36-60)68(63-41-29-55(30-42-63)51-17-9-3-10-18-51)64-43-31-56(32-44-64)52-19-11-4-12-20-52;1-6-16-46(17-7-1)55(47-18-8-2-9-19-47)51-34-26-42(27-35-51)44-30-38-53(39-31-44)57(50-24-14-5-15-25-50)54-40-32-45(33-41-54)43-28-36-52(37-29-43)56(48-20-10-3-11-21-48)49-22-12-4-13-23-49/h1-48,67-68H;1-41,55-57H. The Hall–Kier alpha value is -15.6. The summed E-state index contributed by atoms with van der Waals surface area (Å²) >= 11 is 0. The molecule has 0 fully saturated rings. The summed E-state index contributed by atoms with van der Waals surface area (Å²) in [5, 5.41) is 0. The maximum Gasteiger partial charge on any atom is 0.0340 e. The van der Waals surface area contributed by atoms with E-state index in [1.165, 1.54) is 172 Å². The minimum absolute atomic E-state index is 0.0888. The molecule has 0 heterocycles. The zero-order valence-corrected chi connectivity index (χ0v) is 69.8. The minimum Gasteiger partial charge on any atom is -0.0622 e. The molecule has 0 heteroatoms. The maximum atomic E-state index is 2.31. The van der Waals surface area contributed by atoms with E-state index in [-0.39, 0.29) is 29.6 Å². The average Bonchev–Trinajstić information content (AvgIpc) is 0.813. The normalized spacial score (nSPS) is 11.2. The summed E-state index contributed by atoms with van der Waals surface area (Å²) < 4.78 is 0. The molecule has 594 valence electrons. The maximum absolute atomic E-state index is 2.31. The van der Waals surface area contributed by atoms with Gasteiger partial charge >= 0.3 is 0 Å². The molecule has 125 heavy (non-hydrogen) atoms. The average molecular weight is 1600 g/mol. The predicted octanol–water partition coefficient (Wildman–Crippen LogP) is 32.6. The van der Waals surface area contributed by atoms with Crippen LogP contribution in [0.1, 0.15) is 113 Å². The summed E-state index contributed by atoms with van der Waals surface area (Å²) in [6.07, 6.45) is 0. The fraction of sp³-hybridized carbons (Fsp3) is 0.0400. The van der Waals surface area contributed by atoms with Crippen LogP contribution in [-0.4, -0.2) is 0 Å². The third-order valence-corrected chi connectivity index (χ3v) is 24.8. The molecule has 0 saturated carbocycles. The monoisotopic (exact) mass is 1590 g/mol. The van der Waals surface area contributed by atoms with E-state index in [4.69, 9.17) is 0 Å². The first-order valence-electron chi connectivity index (χ1n) is 43.6. The molecule has 20 aromatic rings. The quantitative estimate of drug-likeness (QED) is 0.0560. The SMILES string of the molecule is c1ccc(-c2ccc(C(c3ccc(-c4ccccc4)cc3)c3ccc(-c4ccc(-c5ccc(C(c6ccc(-c7ccccc7)cc6)c6ccc(-c7ccccc7)cc6)cc5)cc4)cc3)cc2)cc1.c1ccc(C(c2ccccc2)c2ccc(-c3ccc(C(c4ccccc4)c4ccc(-c5ccc(C(c6ccccc6)c6ccccc6)cc5)cc4)cc3)cc2)cc1. The molecular formula is C125H94. The Morgan fingerprint density at radius 2 is 0.136 bits per heavy atom. The van der Waals surface area contributed by atoms with Crippen molar-refractivity contribution in [2.75, 3.05) is 0 Å². The molecule has 0 aromatic heterocycles. The molecular weight excluding hydrogens is 1500 g/mol. The van der Waals surface area contributed by atoms with Gasteiger partial charge in [-0.15, -0.1) is 0 Å². The van der Waals surface area contributed by atoms with E-state index in [0.29, 0.717) is 0 Å². The van der Waals surface area contributed by atoms with Crippen molar-refractivity contribution in [2.45, 2.75) is 29.6 Å². The molecule has 20 rings (SSSR count). The second-order valence-corrected chi connectivity index (χ2v) is 32.5. The van der Waals surface area contributed by atoms with Gasteiger partial charge in [0.2, 0.25) is 0 Å². The Morgan fingerprint density at radius 3 is 0.240 bits per heavy atom. The lowest BCUT2D eigenvalue weighted by Crippen LogP contribution is -2.04. The van der Waals surface area contributed by atoms with E-state index in [0.717, 1.165) is 0 Å². The van der Waals surface area contributed by atoms with E-state index in [1.807, 2.05) is 0 Å². The highest BCUT2D eigenvalue weighted by molar-refractivity contribution is 5.75. The second-order valence-electron chi connectivity index (χ2n) is 32.5. The van der Waals surface area contributed by atoms with Crippen LogP contribution in [0.4, 0.5) is 0 Å². The number of rotatable bonds is 23. The van der Waals surface area contributed by atoms with Gasteiger partial charge in [0.05, 0.1) is 0 Å². The molecule has 0 N–H and O–H groups in total. The highest BCUT2D eigenvalue weighted by Gasteiger charge is 2.24. The highest BCUT2D eigenvalue weighted by Crippen LogP contribution is 2.43. The van der Waals surface area contributed by atoms with Crippen LogP contribution in [0, 0.1) is 0 Å². The largest absolute Gasteiger partial charge is 0.0622 e. The van der Waals surface area contributed by atoms with Crippen LogP contribution in [0.15, 0.2) is 540 Å². The van der Waals surface area contributed by atoms with Gasteiger partial charge in [-0.05, 0) is 172 Å². The molecule has 0 spiro atoms. The van der Waals surface area contributed by atoms with Gasteiger partial charge in [0, 0.05) is 29.6 Å². The fourth-order valence-electron chi connectivity index (χ4n) is 18.2. The van der Waals surface area contributed by atoms with Crippen molar-refractivity contribution in [2.24, 2.45) is 0 Å². The summed E-state index contributed by atoms with van der Waals surface area (Å²) in [4.78, 5) is 0. The first-order valence-corrected chi connectivity index (χ1v) is 43.6. The zero-order valence-electron chi connectivity index (χ0n) is 69.8. The van der Waals surface area contributed by atoms with E-state index in [1.54, 1.807) is 0 Å². The van der Waals surface area contributed by atoms with E-state index < -0.39 is 0 Å². The summed E-state index contributed by atoms with van der Waals surface area (Å²) in [5.74, 6) is 0.673. The number of benzene rings is 20. The van der Waals surface area contributed by atoms with Crippen molar-refractivity contribution in [3.63, 3.8) is 0 Å². The lowest BCUT2D eigenvalue weighted by atomic mass is 9.83. The van der Waals surface area contributed by atoms with Crippen LogP contribution in [0.25, 0.3) is 89.0 Å². The Morgan fingerprint density at radius 1 is 0.0640 bits per heavy atom. The summed E-state index contributed by atoms with van der Waals surface area (Å²) in [6, 6.07) is 197. The molecule has 0 nitrogen and oxygen atoms in total. The van der Waals surface area contributed by atoms with Gasteiger partial charge in [-0.3, -0.25) is 0 Å². The van der Waals surface area contributed by atoms with Crippen molar-refractivity contribution in [1.82, 2.24) is 0 Å². The molecule has 0 amide bonds. The van der Waals surface area contributed by atoms with E-state index in [2.05, 4.69) is 540 Å². The Balaban J connectivity index is 0.000000166. The van der Waals surface area contributed by atoms with Crippen molar-refractivity contribution < 1.29 is 0 Å². The summed E-state index contributed by atoms with van der Waals surface area (Å²) in [6.45, 7) is 0. The first kappa shape index (κ1) is 79.2. The molecule has 20 aromatic carbocycles. The van der Waals surface area contributed by atoms with Gasteiger partial charge in [0.25, 0.3) is 0 Å². The molecule has 0 aliphatic heterocycles. The lowest BCUT2D eigenvalue weighted by Gasteiger charge is -2.21. The molecule has 0 saturated heterocycles. The van der Waals surface area contributed by atoms with Gasteiger partial charge < -0.3 is 0 Å². The van der Waals surface area contributed by atoms with Crippen molar-refractivity contribution in [3.05, 3.63) is 623 Å². The predicted molar refractivity (Wildman–Crippen MR) is 526 cm³/mol. The lowest BCUT2D eigenvalue weighted by molar-refractivity contribution is 0.976. The Labute approximate surface area is 736 Å². The van der Waals surface area contributed by atoms with E-state index in [9.17, 15) is 0 Å². The number of hydrogen-bond donors (Lipinski definition) is 0. The van der Waals surface area contributed by atoms with Crippen LogP contribution in [-0.2, 0) is 0 Å². The van der Waals surface area contributed by atoms with Crippen LogP contribution in [0.3, 0.4) is 0 Å². The topological polar surface area (TPSA) is 0 Å². The van der Waals surface area contributed by atoms with Crippen molar-refractivity contribution in [3.8, 4) is 89.0 Å². The van der Waals surface area contributed by atoms with Crippen LogP contribution >= 0.6 is 0 Å². The van der Waals surface area contributed by atoms with Gasteiger partial charge in [0.15, 0.2) is 0 Å². The third kappa shape index (κ3) is 18.4. The van der Waals surface area contributed by atoms with Crippen molar-refractivity contribution >= 4 is 0 Å². The smallest absolute Gasteiger partial charge is 0.0340 e.